The van der Waals surface area contributed by atoms with Crippen LogP contribution >= 0.6 is 46.4 Å². The second kappa shape index (κ2) is 5.64. The topological polar surface area (TPSA) is 33.1 Å². The minimum absolute atomic E-state index is 0.172. The molecule has 1 N–H and O–H groups in total. The van der Waals surface area contributed by atoms with Gasteiger partial charge in [-0.3, -0.25) is 0 Å². The molecule has 0 aliphatic carbocycles. The average Bonchev–Trinajstić information content (AvgIpc) is 2.37. The second-order valence-electron chi connectivity index (χ2n) is 3.55. The minimum Gasteiger partial charge on any atom is -0.392 e. The Morgan fingerprint density at radius 3 is 2.39 bits per heavy atom. The van der Waals surface area contributed by atoms with Gasteiger partial charge in [-0.2, -0.15) is 0 Å². The van der Waals surface area contributed by atoms with Gasteiger partial charge < -0.3 is 5.11 Å². The van der Waals surface area contributed by atoms with Crippen molar-refractivity contribution in [1.82, 2.24) is 4.98 Å². The van der Waals surface area contributed by atoms with Crippen LogP contribution in [-0.4, -0.2) is 10.1 Å². The van der Waals surface area contributed by atoms with Gasteiger partial charge in [-0.15, -0.1) is 0 Å². The van der Waals surface area contributed by atoms with Gasteiger partial charge in [0.25, 0.3) is 0 Å². The maximum Gasteiger partial charge on any atom is 0.129 e. The third-order valence-corrected chi connectivity index (χ3v) is 3.95. The lowest BCUT2D eigenvalue weighted by atomic mass is 10.0. The van der Waals surface area contributed by atoms with Gasteiger partial charge in [0, 0.05) is 17.3 Å². The molecular formula is C12H7Cl4NO. The van der Waals surface area contributed by atoms with E-state index < -0.39 is 0 Å². The van der Waals surface area contributed by atoms with Gasteiger partial charge in [0.05, 0.1) is 21.7 Å². The number of hydrogen-bond acceptors (Lipinski definition) is 2. The first-order valence-electron chi connectivity index (χ1n) is 4.93. The molecular weight excluding hydrogens is 316 g/mol. The maximum atomic E-state index is 9.33. The number of aliphatic hydroxyl groups is 1. The predicted octanol–water partition coefficient (Wildman–Crippen LogP) is 4.85. The molecule has 18 heavy (non-hydrogen) atoms. The number of benzene rings is 1. The molecule has 2 aromatic rings. The highest BCUT2D eigenvalue weighted by molar-refractivity contribution is 6.49. The summed E-state index contributed by atoms with van der Waals surface area (Å²) in [5.41, 5.74) is 1.94. The van der Waals surface area contributed by atoms with Crippen LogP contribution in [0.4, 0.5) is 0 Å². The molecule has 0 saturated heterocycles. The Balaban J connectivity index is 2.66. The molecule has 1 aromatic carbocycles. The third-order valence-electron chi connectivity index (χ3n) is 2.45. The van der Waals surface area contributed by atoms with Crippen LogP contribution in [0.15, 0.2) is 24.4 Å². The molecule has 0 bridgehead atoms. The van der Waals surface area contributed by atoms with Gasteiger partial charge in [0.2, 0.25) is 0 Å². The van der Waals surface area contributed by atoms with Crippen molar-refractivity contribution >= 4 is 46.4 Å². The van der Waals surface area contributed by atoms with E-state index >= 15 is 0 Å². The van der Waals surface area contributed by atoms with Crippen molar-refractivity contribution in [3.63, 3.8) is 0 Å². The summed E-state index contributed by atoms with van der Waals surface area (Å²) < 4.78 is 0. The zero-order chi connectivity index (χ0) is 13.3. The monoisotopic (exact) mass is 321 g/mol. The highest BCUT2D eigenvalue weighted by Crippen LogP contribution is 2.39. The Labute approximate surface area is 124 Å². The van der Waals surface area contributed by atoms with E-state index in [1.807, 2.05) is 0 Å². The van der Waals surface area contributed by atoms with E-state index in [0.717, 1.165) is 0 Å². The van der Waals surface area contributed by atoms with Crippen molar-refractivity contribution in [2.75, 3.05) is 0 Å². The molecule has 2 nitrogen and oxygen atoms in total. The first-order valence-corrected chi connectivity index (χ1v) is 6.45. The van der Waals surface area contributed by atoms with Gasteiger partial charge in [-0.25, -0.2) is 4.98 Å². The lowest BCUT2D eigenvalue weighted by molar-refractivity contribution is 0.282. The quantitative estimate of drug-likeness (QED) is 0.633. The number of nitrogens with zero attached hydrogens (tertiary/aromatic N) is 1. The fourth-order valence-electron chi connectivity index (χ4n) is 1.58. The lowest BCUT2D eigenvalue weighted by Crippen LogP contribution is -1.93. The number of pyridine rings is 1. The van der Waals surface area contributed by atoms with Crippen LogP contribution in [0.1, 0.15) is 5.56 Å². The molecule has 1 aromatic heterocycles. The van der Waals surface area contributed by atoms with E-state index in [1.165, 1.54) is 0 Å². The first-order chi connectivity index (χ1) is 8.54. The van der Waals surface area contributed by atoms with E-state index in [-0.39, 0.29) is 11.6 Å². The summed E-state index contributed by atoms with van der Waals surface area (Å²) in [5.74, 6) is 0. The number of rotatable bonds is 2. The maximum absolute atomic E-state index is 9.33. The molecule has 0 fully saturated rings. The van der Waals surface area contributed by atoms with E-state index in [0.29, 0.717) is 31.9 Å². The highest BCUT2D eigenvalue weighted by Gasteiger charge is 2.14. The first kappa shape index (κ1) is 13.9. The van der Waals surface area contributed by atoms with Crippen molar-refractivity contribution in [3.05, 3.63) is 50.2 Å². The van der Waals surface area contributed by atoms with Crippen molar-refractivity contribution in [2.45, 2.75) is 6.61 Å². The number of hydrogen-bond donors (Lipinski definition) is 1. The SMILES string of the molecule is OCc1cc(Cl)ncc1-c1ccc(Cl)c(Cl)c1Cl. The zero-order valence-corrected chi connectivity index (χ0v) is 11.9. The van der Waals surface area contributed by atoms with Crippen LogP contribution < -0.4 is 0 Å². The van der Waals surface area contributed by atoms with Crippen molar-refractivity contribution in [3.8, 4) is 11.1 Å². The zero-order valence-electron chi connectivity index (χ0n) is 8.92. The third kappa shape index (κ3) is 2.58. The molecule has 0 saturated carbocycles. The van der Waals surface area contributed by atoms with Crippen LogP contribution in [0.5, 0.6) is 0 Å². The normalized spacial score (nSPS) is 10.7. The smallest absolute Gasteiger partial charge is 0.129 e. The summed E-state index contributed by atoms with van der Waals surface area (Å²) in [6, 6.07) is 4.94. The summed E-state index contributed by atoms with van der Waals surface area (Å²) >= 11 is 23.8. The molecule has 0 spiro atoms. The number of halogens is 4. The van der Waals surface area contributed by atoms with Crippen molar-refractivity contribution < 1.29 is 5.11 Å². The molecule has 0 radical (unpaired) electrons. The highest BCUT2D eigenvalue weighted by atomic mass is 35.5. The van der Waals surface area contributed by atoms with Gasteiger partial charge in [0.1, 0.15) is 5.15 Å². The number of aromatic nitrogens is 1. The predicted molar refractivity (Wildman–Crippen MR) is 75.6 cm³/mol. The molecule has 0 amide bonds. The van der Waals surface area contributed by atoms with E-state index in [9.17, 15) is 5.11 Å². The van der Waals surface area contributed by atoms with Crippen molar-refractivity contribution in [1.29, 1.82) is 0 Å². The van der Waals surface area contributed by atoms with Gasteiger partial charge in [0.15, 0.2) is 0 Å². The van der Waals surface area contributed by atoms with Crippen LogP contribution in [-0.2, 0) is 6.61 Å². The molecule has 0 unspecified atom stereocenters. The fourth-order valence-corrected chi connectivity index (χ4v) is 2.39. The Morgan fingerprint density at radius 1 is 1.00 bits per heavy atom. The van der Waals surface area contributed by atoms with Gasteiger partial charge >= 0.3 is 0 Å². The molecule has 0 aliphatic rings. The Hall–Kier alpha value is -0.510. The van der Waals surface area contributed by atoms with Crippen LogP contribution in [0.2, 0.25) is 20.2 Å². The minimum atomic E-state index is -0.172. The van der Waals surface area contributed by atoms with E-state index in [1.54, 1.807) is 24.4 Å². The van der Waals surface area contributed by atoms with E-state index in [4.69, 9.17) is 46.4 Å². The molecule has 6 heteroatoms. The van der Waals surface area contributed by atoms with E-state index in [2.05, 4.69) is 4.98 Å². The lowest BCUT2D eigenvalue weighted by Gasteiger charge is -2.11. The second-order valence-corrected chi connectivity index (χ2v) is 5.10. The standard InChI is InChI=1S/C12H7Cl4NO/c13-9-2-1-7(11(15)12(9)16)8-4-17-10(14)3-6(8)5-18/h1-4,18H,5H2. The largest absolute Gasteiger partial charge is 0.392 e. The Morgan fingerprint density at radius 2 is 1.72 bits per heavy atom. The summed E-state index contributed by atoms with van der Waals surface area (Å²) in [7, 11) is 0. The fraction of sp³-hybridized carbons (Fsp3) is 0.0833. The van der Waals surface area contributed by atoms with Gasteiger partial charge in [-0.05, 0) is 17.7 Å². The van der Waals surface area contributed by atoms with Crippen LogP contribution in [0.25, 0.3) is 11.1 Å². The summed E-state index contributed by atoms with van der Waals surface area (Å²) in [5, 5.41) is 10.6. The Kier molecular flexibility index (Phi) is 4.36. The van der Waals surface area contributed by atoms with Crippen LogP contribution in [0.3, 0.4) is 0 Å². The average molecular weight is 323 g/mol. The summed E-state index contributed by atoms with van der Waals surface area (Å²) in [6.07, 6.45) is 1.54. The number of aliphatic hydroxyl groups excluding tert-OH is 1. The molecule has 2 rings (SSSR count). The summed E-state index contributed by atoms with van der Waals surface area (Å²) in [4.78, 5) is 3.98. The molecule has 0 aliphatic heterocycles. The summed E-state index contributed by atoms with van der Waals surface area (Å²) in [6.45, 7) is -0.172. The molecule has 1 heterocycles. The molecule has 94 valence electrons. The van der Waals surface area contributed by atoms with Crippen LogP contribution in [0, 0.1) is 0 Å². The Bertz CT molecular complexity index is 601. The molecule has 0 atom stereocenters. The van der Waals surface area contributed by atoms with Crippen molar-refractivity contribution in [2.24, 2.45) is 0 Å². The van der Waals surface area contributed by atoms with Gasteiger partial charge in [-0.1, -0.05) is 52.5 Å².